The van der Waals surface area contributed by atoms with Gasteiger partial charge in [0, 0.05) is 17.7 Å². The van der Waals surface area contributed by atoms with Crippen LogP contribution < -0.4 is 11.1 Å². The molecule has 0 bridgehead atoms. The molecule has 7 heteroatoms. The predicted octanol–water partition coefficient (Wildman–Crippen LogP) is 3.06. The molecule has 3 rings (SSSR count). The van der Waals surface area contributed by atoms with E-state index in [-0.39, 0.29) is 11.9 Å². The monoisotopic (exact) mass is 331 g/mol. The molecule has 6 nitrogen and oxygen atoms in total. The van der Waals surface area contributed by atoms with Gasteiger partial charge in [0.05, 0.1) is 18.2 Å². The van der Waals surface area contributed by atoms with Gasteiger partial charge in [-0.15, -0.1) is 0 Å². The molecule has 2 heterocycles. The first-order chi connectivity index (χ1) is 11.4. The maximum absolute atomic E-state index is 14.1. The lowest BCUT2D eigenvalue weighted by Gasteiger charge is -2.20. The molecule has 1 aromatic carbocycles. The van der Waals surface area contributed by atoms with Crippen molar-refractivity contribution in [1.29, 1.82) is 0 Å². The summed E-state index contributed by atoms with van der Waals surface area (Å²) in [6.45, 7) is 3.87. The van der Waals surface area contributed by atoms with Crippen LogP contribution in [0.3, 0.4) is 0 Å². The summed E-state index contributed by atoms with van der Waals surface area (Å²) in [7, 11) is 0. The summed E-state index contributed by atoms with van der Waals surface area (Å²) in [6, 6.07) is 5.67. The molecule has 2 aromatic rings. The number of nitrogens with one attached hydrogen (secondary N) is 1. The van der Waals surface area contributed by atoms with Crippen molar-refractivity contribution in [2.24, 2.45) is 10.7 Å². The first kappa shape index (κ1) is 16.0. The highest BCUT2D eigenvalue weighted by molar-refractivity contribution is 6.05. The average Bonchev–Trinajstić information content (AvgIpc) is 2.88. The molecule has 1 aromatic heterocycles. The number of ether oxygens (including phenoxy) is 1. The fraction of sp³-hybridized carbons (Fsp3) is 0.294. The fourth-order valence-electron chi connectivity index (χ4n) is 2.69. The number of hydrogen-bond donors (Lipinski definition) is 2. The number of nitrogens with zero attached hydrogens (tertiary/aromatic N) is 1. The van der Waals surface area contributed by atoms with E-state index < -0.39 is 11.9 Å². The van der Waals surface area contributed by atoms with Crippen molar-refractivity contribution in [2.75, 3.05) is 11.9 Å². The predicted molar refractivity (Wildman–Crippen MR) is 87.5 cm³/mol. The summed E-state index contributed by atoms with van der Waals surface area (Å²) in [5, 5.41) is 2.75. The minimum Gasteiger partial charge on any atom is -0.466 e. The van der Waals surface area contributed by atoms with E-state index >= 15 is 0 Å². The molecule has 0 radical (unpaired) electrons. The molecular weight excluding hydrogens is 313 g/mol. The summed E-state index contributed by atoms with van der Waals surface area (Å²) in [4.78, 5) is 16.5. The zero-order valence-electron chi connectivity index (χ0n) is 13.4. The molecule has 1 amide bonds. The highest BCUT2D eigenvalue weighted by atomic mass is 19.1. The third-order valence-electron chi connectivity index (χ3n) is 3.82. The van der Waals surface area contributed by atoms with E-state index in [4.69, 9.17) is 14.9 Å². The highest BCUT2D eigenvalue weighted by Gasteiger charge is 2.21. The van der Waals surface area contributed by atoms with Gasteiger partial charge in [0.1, 0.15) is 17.3 Å². The summed E-state index contributed by atoms with van der Waals surface area (Å²) in [5.41, 5.74) is 6.86. The summed E-state index contributed by atoms with van der Waals surface area (Å²) >= 11 is 0. The first-order valence-electron chi connectivity index (χ1n) is 7.58. The quantitative estimate of drug-likeness (QED) is 0.904. The molecule has 0 saturated carbocycles. The van der Waals surface area contributed by atoms with Crippen LogP contribution in [0.1, 0.15) is 39.9 Å². The van der Waals surface area contributed by atoms with Gasteiger partial charge in [0.25, 0.3) is 11.9 Å². The van der Waals surface area contributed by atoms with Crippen molar-refractivity contribution in [3.8, 4) is 0 Å². The Morgan fingerprint density at radius 3 is 2.83 bits per heavy atom. The number of halogens is 1. The van der Waals surface area contributed by atoms with Crippen molar-refractivity contribution in [1.82, 2.24) is 0 Å². The van der Waals surface area contributed by atoms with E-state index in [2.05, 4.69) is 10.3 Å². The zero-order valence-corrected chi connectivity index (χ0v) is 13.4. The van der Waals surface area contributed by atoms with Crippen molar-refractivity contribution in [2.45, 2.75) is 26.3 Å². The minimum atomic E-state index is -0.423. The Bertz CT molecular complexity index is 813. The van der Waals surface area contributed by atoms with Crippen LogP contribution in [0.2, 0.25) is 0 Å². The topological polar surface area (TPSA) is 89.8 Å². The molecule has 1 unspecified atom stereocenters. The van der Waals surface area contributed by atoms with E-state index in [1.807, 2.05) is 0 Å². The molecule has 1 atom stereocenters. The van der Waals surface area contributed by atoms with Gasteiger partial charge in [0.15, 0.2) is 0 Å². The smallest absolute Gasteiger partial charge is 0.282 e. The third kappa shape index (κ3) is 3.24. The average molecular weight is 331 g/mol. The van der Waals surface area contributed by atoms with Crippen molar-refractivity contribution in [3.05, 3.63) is 52.7 Å². The van der Waals surface area contributed by atoms with Gasteiger partial charge in [-0.3, -0.25) is 4.79 Å². The van der Waals surface area contributed by atoms with Gasteiger partial charge in [-0.1, -0.05) is 0 Å². The maximum atomic E-state index is 14.1. The lowest BCUT2D eigenvalue weighted by atomic mass is 10.0. The molecule has 0 saturated heterocycles. The Kier molecular flexibility index (Phi) is 4.24. The number of aryl methyl sites for hydroxylation is 2. The largest absolute Gasteiger partial charge is 0.466 e. The lowest BCUT2D eigenvalue weighted by Crippen LogP contribution is -2.24. The van der Waals surface area contributed by atoms with E-state index in [0.29, 0.717) is 41.4 Å². The molecule has 126 valence electrons. The lowest BCUT2D eigenvalue weighted by molar-refractivity contribution is 0.102. The first-order valence-corrected chi connectivity index (χ1v) is 7.58. The summed E-state index contributed by atoms with van der Waals surface area (Å²) in [6.07, 6.45) is 0.523. The second kappa shape index (κ2) is 6.35. The molecule has 1 aliphatic rings. The number of rotatable bonds is 3. The SMILES string of the molecule is Cc1cc(C(=O)Nc2ccc(F)c(C3CCOC(N)=N3)c2)c(C)o1. The van der Waals surface area contributed by atoms with Crippen LogP contribution in [0.4, 0.5) is 10.1 Å². The number of amides is 1. The van der Waals surface area contributed by atoms with Gasteiger partial charge < -0.3 is 20.2 Å². The second-order valence-electron chi connectivity index (χ2n) is 5.64. The van der Waals surface area contributed by atoms with E-state index in [9.17, 15) is 9.18 Å². The highest BCUT2D eigenvalue weighted by Crippen LogP contribution is 2.29. The van der Waals surface area contributed by atoms with Crippen molar-refractivity contribution < 1.29 is 18.3 Å². The Hall–Kier alpha value is -2.83. The third-order valence-corrected chi connectivity index (χ3v) is 3.82. The van der Waals surface area contributed by atoms with E-state index in [1.54, 1.807) is 26.0 Å². The molecular formula is C17H18FN3O3. The van der Waals surface area contributed by atoms with Gasteiger partial charge in [-0.2, -0.15) is 0 Å². The van der Waals surface area contributed by atoms with Crippen LogP contribution >= 0.6 is 0 Å². The number of carbonyl (C=O) groups excluding carboxylic acids is 1. The number of aliphatic imine (C=N–C) groups is 1. The Labute approximate surface area is 138 Å². The maximum Gasteiger partial charge on any atom is 0.282 e. The fourth-order valence-corrected chi connectivity index (χ4v) is 2.69. The molecule has 0 aliphatic carbocycles. The molecule has 1 aliphatic heterocycles. The van der Waals surface area contributed by atoms with Gasteiger partial charge in [-0.05, 0) is 38.1 Å². The molecule has 0 fully saturated rings. The summed E-state index contributed by atoms with van der Waals surface area (Å²) in [5.74, 6) is 0.488. The van der Waals surface area contributed by atoms with Gasteiger partial charge in [0.2, 0.25) is 0 Å². The van der Waals surface area contributed by atoms with Gasteiger partial charge in [-0.25, -0.2) is 9.38 Å². The van der Waals surface area contributed by atoms with Crippen LogP contribution in [0.15, 0.2) is 33.7 Å². The number of carbonyl (C=O) groups is 1. The number of anilines is 1. The molecule has 3 N–H and O–H groups in total. The number of nitrogens with two attached hydrogens (primary N) is 1. The van der Waals surface area contributed by atoms with Crippen molar-refractivity contribution >= 4 is 17.6 Å². The Morgan fingerprint density at radius 1 is 1.38 bits per heavy atom. The Balaban J connectivity index is 1.85. The number of hydrogen-bond acceptors (Lipinski definition) is 5. The van der Waals surface area contributed by atoms with Gasteiger partial charge >= 0.3 is 0 Å². The number of furan rings is 1. The molecule has 0 spiro atoms. The second-order valence-corrected chi connectivity index (χ2v) is 5.64. The number of benzene rings is 1. The van der Waals surface area contributed by atoms with E-state index in [1.165, 1.54) is 12.1 Å². The zero-order chi connectivity index (χ0) is 17.3. The minimum absolute atomic E-state index is 0.0459. The van der Waals surface area contributed by atoms with Crippen LogP contribution in [0.5, 0.6) is 0 Å². The normalized spacial score (nSPS) is 17.1. The van der Waals surface area contributed by atoms with Crippen molar-refractivity contribution in [3.63, 3.8) is 0 Å². The van der Waals surface area contributed by atoms with Crippen LogP contribution in [0.25, 0.3) is 0 Å². The van der Waals surface area contributed by atoms with Crippen LogP contribution in [0, 0.1) is 19.7 Å². The summed E-state index contributed by atoms with van der Waals surface area (Å²) < 4.78 is 24.5. The van der Waals surface area contributed by atoms with E-state index in [0.717, 1.165) is 0 Å². The van der Waals surface area contributed by atoms with Crippen LogP contribution in [-0.4, -0.2) is 18.5 Å². The Morgan fingerprint density at radius 2 is 2.17 bits per heavy atom. The molecule has 24 heavy (non-hydrogen) atoms. The van der Waals surface area contributed by atoms with Crippen LogP contribution in [-0.2, 0) is 4.74 Å². The standard InChI is InChI=1S/C17H18FN3O3/c1-9-7-12(10(2)24-9)16(22)20-11-3-4-14(18)13(8-11)15-5-6-23-17(19)21-15/h3-4,7-8,15H,5-6H2,1-2H3,(H2,19,21)(H,20,22). The number of amidine groups is 1.